The zero-order chi connectivity index (χ0) is 15.9. The van der Waals surface area contributed by atoms with Gasteiger partial charge in [-0.25, -0.2) is 0 Å². The minimum atomic E-state index is -0.567. The first kappa shape index (κ1) is 16.0. The van der Waals surface area contributed by atoms with Crippen molar-refractivity contribution in [3.63, 3.8) is 0 Å². The van der Waals surface area contributed by atoms with Crippen LogP contribution in [0.5, 0.6) is 0 Å². The number of carbonyl (C=O) groups excluding carboxylic acids is 2. The average molecular weight is 295 g/mol. The van der Waals surface area contributed by atoms with Crippen molar-refractivity contribution in [2.45, 2.75) is 25.8 Å². The molecule has 0 aliphatic rings. The van der Waals surface area contributed by atoms with E-state index in [1.165, 1.54) is 0 Å². The van der Waals surface area contributed by atoms with Crippen LogP contribution in [0.2, 0.25) is 0 Å². The second-order valence-corrected chi connectivity index (χ2v) is 5.62. The molecule has 1 amide bonds. The predicted octanol–water partition coefficient (Wildman–Crippen LogP) is 3.16. The number of amides is 1. The van der Waals surface area contributed by atoms with Crippen molar-refractivity contribution in [1.29, 1.82) is 0 Å². The number of ketones is 1. The lowest BCUT2D eigenvalue weighted by atomic mass is 9.81. The summed E-state index contributed by atoms with van der Waals surface area (Å²) in [5.41, 5.74) is 2.03. The highest BCUT2D eigenvalue weighted by atomic mass is 16.1. The van der Waals surface area contributed by atoms with Gasteiger partial charge in [0.15, 0.2) is 5.78 Å². The second-order valence-electron chi connectivity index (χ2n) is 5.62. The van der Waals surface area contributed by atoms with Crippen molar-refractivity contribution in [3.8, 4) is 0 Å². The molecule has 0 saturated heterocycles. The molecule has 1 N–H and O–H groups in total. The first-order valence-corrected chi connectivity index (χ1v) is 7.48. The number of carbonyl (C=O) groups is 2. The highest BCUT2D eigenvalue weighted by molar-refractivity contribution is 5.89. The molecule has 1 unspecified atom stereocenters. The molecule has 114 valence electrons. The van der Waals surface area contributed by atoms with E-state index in [9.17, 15) is 9.59 Å². The van der Waals surface area contributed by atoms with Gasteiger partial charge in [-0.2, -0.15) is 0 Å². The summed E-state index contributed by atoms with van der Waals surface area (Å²) in [6, 6.07) is 19.1. The molecule has 0 heterocycles. The van der Waals surface area contributed by atoms with Crippen LogP contribution in [-0.2, 0) is 9.59 Å². The van der Waals surface area contributed by atoms with E-state index in [1.807, 2.05) is 74.5 Å². The van der Waals surface area contributed by atoms with Gasteiger partial charge in [0.1, 0.15) is 0 Å². The van der Waals surface area contributed by atoms with E-state index in [-0.39, 0.29) is 17.6 Å². The summed E-state index contributed by atoms with van der Waals surface area (Å²) in [4.78, 5) is 23.6. The lowest BCUT2D eigenvalue weighted by Gasteiger charge is -2.28. The van der Waals surface area contributed by atoms with Crippen molar-refractivity contribution < 1.29 is 9.59 Å². The largest absolute Gasteiger partial charge is 0.348 e. The SMILES string of the molecule is CC(C)C(=O)C(NC=O)C(c1ccccc1)c1ccccc1. The van der Waals surface area contributed by atoms with E-state index in [0.29, 0.717) is 6.41 Å². The molecule has 0 fully saturated rings. The van der Waals surface area contributed by atoms with Crippen molar-refractivity contribution in [2.24, 2.45) is 5.92 Å². The minimum Gasteiger partial charge on any atom is -0.348 e. The smallest absolute Gasteiger partial charge is 0.207 e. The fourth-order valence-corrected chi connectivity index (χ4v) is 2.67. The quantitative estimate of drug-likeness (QED) is 0.798. The van der Waals surface area contributed by atoms with E-state index >= 15 is 0 Å². The van der Waals surface area contributed by atoms with Crippen LogP contribution >= 0.6 is 0 Å². The summed E-state index contributed by atoms with van der Waals surface area (Å²) in [5.74, 6) is -0.306. The minimum absolute atomic E-state index is 0.0322. The van der Waals surface area contributed by atoms with E-state index in [4.69, 9.17) is 0 Å². The summed E-state index contributed by atoms with van der Waals surface area (Å²) >= 11 is 0. The fraction of sp³-hybridized carbons (Fsp3) is 0.263. The van der Waals surface area contributed by atoms with Crippen LogP contribution in [0.1, 0.15) is 30.9 Å². The molecule has 0 radical (unpaired) electrons. The zero-order valence-electron chi connectivity index (χ0n) is 12.9. The standard InChI is InChI=1S/C19H21NO2/c1-14(2)19(22)18(20-13-21)17(15-9-5-3-6-10-15)16-11-7-4-8-12-16/h3-14,17-18H,1-2H3,(H,20,21). The third-order valence-electron chi connectivity index (χ3n) is 3.77. The zero-order valence-corrected chi connectivity index (χ0v) is 12.9. The monoisotopic (exact) mass is 295 g/mol. The number of Topliss-reactive ketones (excluding diaryl/α,β-unsaturated/α-hetero) is 1. The second kappa shape index (κ2) is 7.55. The molecule has 0 aliphatic carbocycles. The van der Waals surface area contributed by atoms with E-state index < -0.39 is 6.04 Å². The van der Waals surface area contributed by atoms with E-state index in [1.54, 1.807) is 0 Å². The summed E-state index contributed by atoms with van der Waals surface area (Å²) in [7, 11) is 0. The van der Waals surface area contributed by atoms with Gasteiger partial charge in [0, 0.05) is 11.8 Å². The normalized spacial score (nSPS) is 12.2. The van der Waals surface area contributed by atoms with Crippen LogP contribution in [0.4, 0.5) is 0 Å². The molecule has 2 aromatic rings. The lowest BCUT2D eigenvalue weighted by Crippen LogP contribution is -2.43. The van der Waals surface area contributed by atoms with Crippen molar-refractivity contribution >= 4 is 12.2 Å². The van der Waals surface area contributed by atoms with Gasteiger partial charge in [0.2, 0.25) is 6.41 Å². The third-order valence-corrected chi connectivity index (χ3v) is 3.77. The van der Waals surface area contributed by atoms with Gasteiger partial charge in [0.25, 0.3) is 0 Å². The van der Waals surface area contributed by atoms with Crippen molar-refractivity contribution in [2.75, 3.05) is 0 Å². The van der Waals surface area contributed by atoms with Crippen molar-refractivity contribution in [1.82, 2.24) is 5.32 Å². The van der Waals surface area contributed by atoms with Gasteiger partial charge in [-0.15, -0.1) is 0 Å². The van der Waals surface area contributed by atoms with Crippen LogP contribution < -0.4 is 5.32 Å². The summed E-state index contributed by atoms with van der Waals surface area (Å²) in [6.45, 7) is 3.71. The van der Waals surface area contributed by atoms with Crippen LogP contribution in [-0.4, -0.2) is 18.2 Å². The van der Waals surface area contributed by atoms with Gasteiger partial charge in [-0.3, -0.25) is 9.59 Å². The Morgan fingerprint density at radius 1 is 0.909 bits per heavy atom. The number of rotatable bonds is 7. The molecule has 22 heavy (non-hydrogen) atoms. The predicted molar refractivity (Wildman–Crippen MR) is 87.6 cm³/mol. The fourth-order valence-electron chi connectivity index (χ4n) is 2.67. The summed E-state index contributed by atoms with van der Waals surface area (Å²) in [6.07, 6.45) is 0.615. The number of hydrogen-bond donors (Lipinski definition) is 1. The van der Waals surface area contributed by atoms with Gasteiger partial charge in [-0.1, -0.05) is 74.5 Å². The highest BCUT2D eigenvalue weighted by Gasteiger charge is 2.31. The van der Waals surface area contributed by atoms with Gasteiger partial charge >= 0.3 is 0 Å². The topological polar surface area (TPSA) is 46.2 Å². The van der Waals surface area contributed by atoms with Gasteiger partial charge < -0.3 is 5.32 Å². The number of nitrogens with one attached hydrogen (secondary N) is 1. The Morgan fingerprint density at radius 3 is 1.73 bits per heavy atom. The maximum absolute atomic E-state index is 12.6. The maximum atomic E-state index is 12.6. The molecular weight excluding hydrogens is 274 g/mol. The lowest BCUT2D eigenvalue weighted by molar-refractivity contribution is -0.126. The van der Waals surface area contributed by atoms with Crippen molar-refractivity contribution in [3.05, 3.63) is 71.8 Å². The average Bonchev–Trinajstić information content (AvgIpc) is 2.55. The Bertz CT molecular complexity index is 568. The van der Waals surface area contributed by atoms with Gasteiger partial charge in [0.05, 0.1) is 6.04 Å². The molecule has 2 rings (SSSR count). The molecule has 2 aromatic carbocycles. The van der Waals surface area contributed by atoms with Gasteiger partial charge in [-0.05, 0) is 11.1 Å². The molecule has 0 spiro atoms. The van der Waals surface area contributed by atoms with Crippen LogP contribution in [0, 0.1) is 5.92 Å². The molecule has 3 nitrogen and oxygen atoms in total. The van der Waals surface area contributed by atoms with Crippen LogP contribution in [0.3, 0.4) is 0 Å². The molecule has 1 atom stereocenters. The Labute approximate surface area is 131 Å². The number of hydrogen-bond acceptors (Lipinski definition) is 2. The Balaban J connectivity index is 2.51. The molecule has 3 heteroatoms. The Hall–Kier alpha value is -2.42. The van der Waals surface area contributed by atoms with Crippen LogP contribution in [0.15, 0.2) is 60.7 Å². The molecule has 0 aliphatic heterocycles. The Morgan fingerprint density at radius 2 is 1.36 bits per heavy atom. The molecule has 0 aromatic heterocycles. The molecule has 0 bridgehead atoms. The highest BCUT2D eigenvalue weighted by Crippen LogP contribution is 2.29. The third kappa shape index (κ3) is 3.61. The Kier molecular flexibility index (Phi) is 5.48. The van der Waals surface area contributed by atoms with E-state index in [2.05, 4.69) is 5.32 Å². The summed E-state index contributed by atoms with van der Waals surface area (Å²) < 4.78 is 0. The first-order valence-electron chi connectivity index (χ1n) is 7.48. The maximum Gasteiger partial charge on any atom is 0.207 e. The summed E-state index contributed by atoms with van der Waals surface area (Å²) in [5, 5.41) is 2.73. The van der Waals surface area contributed by atoms with Crippen LogP contribution in [0.25, 0.3) is 0 Å². The van der Waals surface area contributed by atoms with E-state index in [0.717, 1.165) is 11.1 Å². The molecule has 0 saturated carbocycles. The first-order chi connectivity index (χ1) is 10.6. The number of benzene rings is 2. The molecular formula is C19H21NO2.